The molecule has 4 heteroatoms. The Bertz CT molecular complexity index is 522. The molecule has 0 amide bonds. The summed E-state index contributed by atoms with van der Waals surface area (Å²) >= 11 is 0. The van der Waals surface area contributed by atoms with Crippen molar-refractivity contribution < 1.29 is 5.48 Å². The first-order valence-electron chi connectivity index (χ1n) is 5.86. The van der Waals surface area contributed by atoms with Gasteiger partial charge in [0.2, 0.25) is 0 Å². The number of nitrogens with zero attached hydrogens (tertiary/aromatic N) is 2. The fourth-order valence-electron chi connectivity index (χ4n) is 1.73. The van der Waals surface area contributed by atoms with Gasteiger partial charge in [0.1, 0.15) is 0 Å². The lowest BCUT2D eigenvalue weighted by molar-refractivity contribution is 0.824. The number of pyridine rings is 1. The summed E-state index contributed by atoms with van der Waals surface area (Å²) in [6.07, 6.45) is 6.66. The Labute approximate surface area is 112 Å². The molecule has 1 aromatic heterocycles. The third-order valence-electron chi connectivity index (χ3n) is 2.70. The molecular formula is C15H16N2O2. The van der Waals surface area contributed by atoms with E-state index < -0.39 is 0 Å². The molecule has 2 aromatic rings. The van der Waals surface area contributed by atoms with Gasteiger partial charge in [0, 0.05) is 11.9 Å². The van der Waals surface area contributed by atoms with E-state index in [-0.39, 0.29) is 5.48 Å². The van der Waals surface area contributed by atoms with Gasteiger partial charge in [-0.05, 0) is 47.4 Å². The molecule has 2 N–H and O–H groups in total. The Kier molecular flexibility index (Phi) is 6.12. The monoisotopic (exact) mass is 256 g/mol. The van der Waals surface area contributed by atoms with Crippen LogP contribution >= 0.6 is 0 Å². The zero-order valence-corrected chi connectivity index (χ0v) is 10.5. The first-order valence-corrected chi connectivity index (χ1v) is 5.86. The first kappa shape index (κ1) is 14.7. The Balaban J connectivity index is 0.00000180. The lowest BCUT2D eigenvalue weighted by Crippen LogP contribution is -1.93. The molecular weight excluding hydrogens is 240 g/mol. The minimum absolute atomic E-state index is 0. The van der Waals surface area contributed by atoms with E-state index in [1.807, 2.05) is 36.5 Å². The summed E-state index contributed by atoms with van der Waals surface area (Å²) in [5, 5.41) is 2.69. The van der Waals surface area contributed by atoms with Crippen LogP contribution in [-0.2, 0) is 12.8 Å². The van der Waals surface area contributed by atoms with Crippen molar-refractivity contribution >= 4 is 6.08 Å². The summed E-state index contributed by atoms with van der Waals surface area (Å²) < 4.78 is 0. The number of nitroso groups, excluding NO2 is 1. The molecule has 1 aromatic carbocycles. The van der Waals surface area contributed by atoms with E-state index in [2.05, 4.69) is 22.3 Å². The van der Waals surface area contributed by atoms with Gasteiger partial charge in [0.15, 0.2) is 0 Å². The Morgan fingerprint density at radius 2 is 1.84 bits per heavy atom. The van der Waals surface area contributed by atoms with E-state index in [0.29, 0.717) is 0 Å². The van der Waals surface area contributed by atoms with E-state index in [1.54, 1.807) is 6.08 Å². The van der Waals surface area contributed by atoms with Gasteiger partial charge in [-0.1, -0.05) is 30.3 Å². The van der Waals surface area contributed by atoms with E-state index in [4.69, 9.17) is 0 Å². The lowest BCUT2D eigenvalue weighted by atomic mass is 10.1. The quantitative estimate of drug-likeness (QED) is 0.771. The zero-order chi connectivity index (χ0) is 12.6. The van der Waals surface area contributed by atoms with Crippen molar-refractivity contribution in [2.45, 2.75) is 12.8 Å². The molecule has 1 heterocycles. The molecule has 0 unspecified atom stereocenters. The normalized spacial score (nSPS) is 10.1. The minimum Gasteiger partial charge on any atom is -0.412 e. The van der Waals surface area contributed by atoms with Crippen LogP contribution in [0.15, 0.2) is 60.0 Å². The van der Waals surface area contributed by atoms with Crippen molar-refractivity contribution in [2.75, 3.05) is 0 Å². The van der Waals surface area contributed by atoms with Crippen LogP contribution in [0.2, 0.25) is 0 Å². The van der Waals surface area contributed by atoms with Gasteiger partial charge in [0.05, 0.1) is 6.20 Å². The number of rotatable bonds is 5. The Morgan fingerprint density at radius 3 is 2.47 bits per heavy atom. The highest BCUT2D eigenvalue weighted by atomic mass is 16.2. The maximum absolute atomic E-state index is 9.96. The van der Waals surface area contributed by atoms with E-state index in [1.165, 1.54) is 11.8 Å². The average Bonchev–Trinajstić information content (AvgIpc) is 2.45. The standard InChI is InChI=1S/C15H14N2O.H2O/c18-17-12-10-14-6-4-13(5-7-14)8-9-15-3-1-2-11-16-15;/h1-7,10-12H,8-9H2;1H2/b12-10+;. The summed E-state index contributed by atoms with van der Waals surface area (Å²) in [6, 6.07) is 14.0. The van der Waals surface area contributed by atoms with Crippen molar-refractivity contribution in [1.82, 2.24) is 4.98 Å². The van der Waals surface area contributed by atoms with Crippen LogP contribution in [0.3, 0.4) is 0 Å². The molecule has 0 bridgehead atoms. The van der Waals surface area contributed by atoms with Gasteiger partial charge in [-0.2, -0.15) is 0 Å². The molecule has 0 fully saturated rings. The van der Waals surface area contributed by atoms with E-state index in [9.17, 15) is 4.91 Å². The summed E-state index contributed by atoms with van der Waals surface area (Å²) in [6.45, 7) is 0. The topological polar surface area (TPSA) is 73.8 Å². The summed E-state index contributed by atoms with van der Waals surface area (Å²) in [5.74, 6) is 0. The summed E-state index contributed by atoms with van der Waals surface area (Å²) in [7, 11) is 0. The average molecular weight is 256 g/mol. The largest absolute Gasteiger partial charge is 0.412 e. The Morgan fingerprint density at radius 1 is 1.05 bits per heavy atom. The second-order valence-electron chi connectivity index (χ2n) is 3.98. The molecule has 0 saturated heterocycles. The van der Waals surface area contributed by atoms with Gasteiger partial charge in [-0.25, -0.2) is 0 Å². The predicted molar refractivity (Wildman–Crippen MR) is 76.5 cm³/mol. The van der Waals surface area contributed by atoms with Crippen LogP contribution in [0.5, 0.6) is 0 Å². The number of aromatic nitrogens is 1. The second kappa shape index (κ2) is 7.89. The van der Waals surface area contributed by atoms with Gasteiger partial charge < -0.3 is 5.48 Å². The van der Waals surface area contributed by atoms with Crippen LogP contribution in [0.1, 0.15) is 16.8 Å². The van der Waals surface area contributed by atoms with Gasteiger partial charge in [-0.3, -0.25) is 4.98 Å². The van der Waals surface area contributed by atoms with Crippen LogP contribution < -0.4 is 0 Å². The highest BCUT2D eigenvalue weighted by Crippen LogP contribution is 2.09. The number of hydrogen-bond acceptors (Lipinski definition) is 3. The maximum Gasteiger partial charge on any atom is 0.0720 e. The van der Waals surface area contributed by atoms with Crippen molar-refractivity contribution in [3.8, 4) is 0 Å². The van der Waals surface area contributed by atoms with Gasteiger partial charge in [-0.15, -0.1) is 4.91 Å². The van der Waals surface area contributed by atoms with Crippen molar-refractivity contribution in [1.29, 1.82) is 0 Å². The molecule has 19 heavy (non-hydrogen) atoms. The zero-order valence-electron chi connectivity index (χ0n) is 10.5. The molecule has 0 atom stereocenters. The van der Waals surface area contributed by atoms with E-state index >= 15 is 0 Å². The molecule has 4 nitrogen and oxygen atoms in total. The van der Waals surface area contributed by atoms with Crippen molar-refractivity contribution in [3.63, 3.8) is 0 Å². The number of benzene rings is 1. The van der Waals surface area contributed by atoms with Gasteiger partial charge in [0.25, 0.3) is 0 Å². The molecule has 98 valence electrons. The molecule has 0 aliphatic heterocycles. The third kappa shape index (κ3) is 4.81. The maximum atomic E-state index is 9.96. The molecule has 0 radical (unpaired) electrons. The summed E-state index contributed by atoms with van der Waals surface area (Å²) in [5.41, 5.74) is 3.35. The molecule has 0 saturated carbocycles. The highest BCUT2D eigenvalue weighted by molar-refractivity contribution is 5.49. The fourth-order valence-corrected chi connectivity index (χ4v) is 1.73. The van der Waals surface area contributed by atoms with Crippen LogP contribution in [0, 0.1) is 4.91 Å². The van der Waals surface area contributed by atoms with E-state index in [0.717, 1.165) is 24.1 Å². The van der Waals surface area contributed by atoms with Crippen LogP contribution in [-0.4, -0.2) is 10.5 Å². The highest BCUT2D eigenvalue weighted by Gasteiger charge is 1.96. The molecule has 0 aliphatic carbocycles. The number of aryl methyl sites for hydroxylation is 2. The van der Waals surface area contributed by atoms with Crippen molar-refractivity contribution in [3.05, 3.63) is 76.6 Å². The predicted octanol–water partition coefficient (Wildman–Crippen LogP) is 2.78. The summed E-state index contributed by atoms with van der Waals surface area (Å²) in [4.78, 5) is 14.3. The number of hydrogen-bond donors (Lipinski definition) is 0. The van der Waals surface area contributed by atoms with Crippen LogP contribution in [0.4, 0.5) is 0 Å². The van der Waals surface area contributed by atoms with Crippen LogP contribution in [0.25, 0.3) is 6.08 Å². The molecule has 0 aliphatic rings. The third-order valence-corrected chi connectivity index (χ3v) is 2.70. The van der Waals surface area contributed by atoms with Crippen molar-refractivity contribution in [2.24, 2.45) is 5.18 Å². The smallest absolute Gasteiger partial charge is 0.0720 e. The van der Waals surface area contributed by atoms with Gasteiger partial charge >= 0.3 is 0 Å². The SMILES string of the molecule is O.O=N/C=C/c1ccc(CCc2ccccn2)cc1. The Hall–Kier alpha value is -2.33. The minimum atomic E-state index is 0. The molecule has 2 rings (SSSR count). The fraction of sp³-hybridized carbons (Fsp3) is 0.133. The second-order valence-corrected chi connectivity index (χ2v) is 3.98. The first-order chi connectivity index (χ1) is 8.88. The molecule has 0 spiro atoms. The lowest BCUT2D eigenvalue weighted by Gasteiger charge is -2.02.